The first-order valence-electron chi connectivity index (χ1n) is 5.23. The average molecular weight is 349 g/mol. The molecule has 0 spiro atoms. The lowest BCUT2D eigenvalue weighted by molar-refractivity contribution is 0.601. The number of hydrogen-bond acceptors (Lipinski definition) is 5. The van der Waals surface area contributed by atoms with Gasteiger partial charge in [-0.3, -0.25) is 9.82 Å². The van der Waals surface area contributed by atoms with E-state index in [9.17, 15) is 8.42 Å². The van der Waals surface area contributed by atoms with Gasteiger partial charge in [-0.25, -0.2) is 8.42 Å². The number of rotatable bonds is 3. The first-order chi connectivity index (χ1) is 9.49. The minimum absolute atomic E-state index is 0.0900. The van der Waals surface area contributed by atoms with Crippen LogP contribution in [-0.2, 0) is 10.0 Å². The molecule has 0 saturated heterocycles. The smallest absolute Gasteiger partial charge is 0.264 e. The van der Waals surface area contributed by atoms with Crippen LogP contribution >= 0.6 is 34.7 Å². The molecule has 10 heteroatoms. The second kappa shape index (κ2) is 4.88. The molecule has 0 aliphatic heterocycles. The summed E-state index contributed by atoms with van der Waals surface area (Å²) in [6.07, 6.45) is 1.28. The van der Waals surface area contributed by atoms with Gasteiger partial charge in [0.1, 0.15) is 15.6 Å². The molecule has 0 saturated carbocycles. The van der Waals surface area contributed by atoms with Gasteiger partial charge in [0.15, 0.2) is 0 Å². The van der Waals surface area contributed by atoms with E-state index in [4.69, 9.17) is 23.2 Å². The van der Waals surface area contributed by atoms with E-state index in [1.54, 1.807) is 6.07 Å². The van der Waals surface area contributed by atoms with Gasteiger partial charge in [-0.05, 0) is 23.7 Å². The third-order valence-electron chi connectivity index (χ3n) is 2.58. The summed E-state index contributed by atoms with van der Waals surface area (Å²) in [7, 11) is -3.71. The molecular formula is C10H6Cl2N4O2S2. The minimum Gasteiger partial charge on any atom is -0.277 e. The van der Waals surface area contributed by atoms with Crippen LogP contribution in [0.5, 0.6) is 0 Å². The normalized spacial score (nSPS) is 11.9. The quantitative estimate of drug-likeness (QED) is 0.760. The van der Waals surface area contributed by atoms with Gasteiger partial charge in [0, 0.05) is 5.38 Å². The highest BCUT2D eigenvalue weighted by atomic mass is 35.5. The third kappa shape index (κ3) is 2.24. The van der Waals surface area contributed by atoms with Crippen LogP contribution in [0.25, 0.3) is 10.9 Å². The number of fused-ring (bicyclic) bond motifs is 1. The van der Waals surface area contributed by atoms with Crippen molar-refractivity contribution >= 4 is 61.3 Å². The highest BCUT2D eigenvalue weighted by Crippen LogP contribution is 2.33. The first kappa shape index (κ1) is 13.6. The summed E-state index contributed by atoms with van der Waals surface area (Å²) < 4.78 is 30.5. The topological polar surface area (TPSA) is 87.7 Å². The number of halogens is 2. The Labute approximate surface area is 127 Å². The lowest BCUT2D eigenvalue weighted by atomic mass is 10.2. The molecule has 1 aromatic carbocycles. The van der Waals surface area contributed by atoms with Gasteiger partial charge in [0.25, 0.3) is 10.0 Å². The van der Waals surface area contributed by atoms with E-state index in [-0.39, 0.29) is 10.0 Å². The number of nitrogens with one attached hydrogen (secondary N) is 2. The van der Waals surface area contributed by atoms with Crippen LogP contribution in [0.4, 0.5) is 5.69 Å². The number of aromatic amines is 1. The average Bonchev–Trinajstić information content (AvgIpc) is 3.03. The van der Waals surface area contributed by atoms with E-state index < -0.39 is 10.0 Å². The van der Waals surface area contributed by atoms with Gasteiger partial charge in [0.2, 0.25) is 0 Å². The van der Waals surface area contributed by atoms with Gasteiger partial charge in [0.05, 0.1) is 22.3 Å². The van der Waals surface area contributed by atoms with Crippen LogP contribution in [-0.4, -0.2) is 23.0 Å². The van der Waals surface area contributed by atoms with Gasteiger partial charge in [-0.1, -0.05) is 23.2 Å². The molecule has 20 heavy (non-hydrogen) atoms. The number of anilines is 1. The molecular weight excluding hydrogens is 343 g/mol. The molecule has 6 nitrogen and oxygen atoms in total. The zero-order valence-electron chi connectivity index (χ0n) is 9.59. The number of nitrogens with zero attached hydrogens (tertiary/aromatic N) is 2. The molecule has 0 aliphatic carbocycles. The van der Waals surface area contributed by atoms with Crippen molar-refractivity contribution in [3.8, 4) is 0 Å². The van der Waals surface area contributed by atoms with Crippen molar-refractivity contribution < 1.29 is 8.42 Å². The van der Waals surface area contributed by atoms with Gasteiger partial charge in [-0.2, -0.15) is 9.47 Å². The monoisotopic (exact) mass is 348 g/mol. The largest absolute Gasteiger partial charge is 0.277 e. The molecule has 2 aromatic heterocycles. The van der Waals surface area contributed by atoms with Crippen molar-refractivity contribution in [1.82, 2.24) is 14.6 Å². The second-order valence-electron chi connectivity index (χ2n) is 3.82. The summed E-state index contributed by atoms with van der Waals surface area (Å²) in [4.78, 5) is 0.0900. The van der Waals surface area contributed by atoms with Crippen LogP contribution in [0.3, 0.4) is 0 Å². The van der Waals surface area contributed by atoms with Crippen molar-refractivity contribution in [1.29, 1.82) is 0 Å². The molecule has 2 heterocycles. The Morgan fingerprint density at radius 2 is 2.10 bits per heavy atom. The molecule has 3 aromatic rings. The highest BCUT2D eigenvalue weighted by molar-refractivity contribution is 7.92. The molecule has 0 aliphatic rings. The third-order valence-corrected chi connectivity index (χ3v) is 5.23. The van der Waals surface area contributed by atoms with Crippen molar-refractivity contribution in [2.45, 2.75) is 4.90 Å². The van der Waals surface area contributed by atoms with E-state index in [0.717, 1.165) is 11.5 Å². The van der Waals surface area contributed by atoms with Crippen LogP contribution in [0.2, 0.25) is 10.2 Å². The summed E-state index contributed by atoms with van der Waals surface area (Å²) in [5.41, 5.74) is 0.646. The summed E-state index contributed by atoms with van der Waals surface area (Å²) in [5, 5.41) is 9.08. The number of H-pyrrole nitrogens is 1. The maximum absolute atomic E-state index is 12.1. The molecule has 0 unspecified atom stereocenters. The number of hydrogen-bond donors (Lipinski definition) is 2. The van der Waals surface area contributed by atoms with E-state index in [1.165, 1.54) is 17.6 Å². The van der Waals surface area contributed by atoms with Crippen LogP contribution in [0.15, 0.2) is 28.6 Å². The summed E-state index contributed by atoms with van der Waals surface area (Å²) in [6.45, 7) is 0. The zero-order valence-corrected chi connectivity index (χ0v) is 12.7. The van der Waals surface area contributed by atoms with Crippen LogP contribution < -0.4 is 4.72 Å². The van der Waals surface area contributed by atoms with Crippen molar-refractivity contribution in [2.24, 2.45) is 0 Å². The molecule has 2 N–H and O–H groups in total. The molecule has 0 atom stereocenters. The standard InChI is InChI=1S/C10H6Cl2N4O2S2/c11-6-1-2-7(9-8(6)10(12)15-14-9)16-20(17,18)5-3-13-19-4-5/h1-4,16H,(H,14,15). The Balaban J connectivity index is 2.11. The van der Waals surface area contributed by atoms with Gasteiger partial charge in [-0.15, -0.1) is 0 Å². The second-order valence-corrected chi connectivity index (χ2v) is 6.95. The van der Waals surface area contributed by atoms with Crippen LogP contribution in [0, 0.1) is 0 Å². The van der Waals surface area contributed by atoms with Crippen molar-refractivity contribution in [3.05, 3.63) is 33.9 Å². The van der Waals surface area contributed by atoms with E-state index in [1.807, 2.05) is 0 Å². The molecule has 104 valence electrons. The van der Waals surface area contributed by atoms with E-state index in [2.05, 4.69) is 19.3 Å². The Morgan fingerprint density at radius 1 is 1.30 bits per heavy atom. The minimum atomic E-state index is -3.71. The summed E-state index contributed by atoms with van der Waals surface area (Å²) in [5.74, 6) is 0. The number of aromatic nitrogens is 3. The fraction of sp³-hybridized carbons (Fsp3) is 0. The molecule has 0 fully saturated rings. The Morgan fingerprint density at radius 3 is 2.80 bits per heavy atom. The Bertz CT molecular complexity index is 874. The molecule has 0 bridgehead atoms. The Hall–Kier alpha value is -1.35. The fourth-order valence-electron chi connectivity index (χ4n) is 1.67. The maximum atomic E-state index is 12.1. The molecule has 0 amide bonds. The van der Waals surface area contributed by atoms with Crippen molar-refractivity contribution in [2.75, 3.05) is 4.72 Å². The van der Waals surface area contributed by atoms with E-state index >= 15 is 0 Å². The summed E-state index contributed by atoms with van der Waals surface area (Å²) >= 11 is 13.0. The SMILES string of the molecule is O=S(=O)(Nc1ccc(Cl)c2c(Cl)[nH]nc12)c1cnsc1. The predicted octanol–water partition coefficient (Wildman–Crippen LogP) is 3.13. The lowest BCUT2D eigenvalue weighted by Gasteiger charge is -2.07. The zero-order chi connectivity index (χ0) is 14.3. The summed E-state index contributed by atoms with van der Waals surface area (Å²) in [6, 6.07) is 3.08. The highest BCUT2D eigenvalue weighted by Gasteiger charge is 2.19. The van der Waals surface area contributed by atoms with Crippen LogP contribution in [0.1, 0.15) is 0 Å². The number of sulfonamides is 1. The molecule has 0 radical (unpaired) electrons. The first-order valence-corrected chi connectivity index (χ1v) is 8.31. The van der Waals surface area contributed by atoms with Crippen molar-refractivity contribution in [3.63, 3.8) is 0 Å². The maximum Gasteiger partial charge on any atom is 0.264 e. The Kier molecular flexibility index (Phi) is 3.33. The van der Waals surface area contributed by atoms with Gasteiger partial charge < -0.3 is 0 Å². The predicted molar refractivity (Wildman–Crippen MR) is 79.0 cm³/mol. The number of benzene rings is 1. The van der Waals surface area contributed by atoms with E-state index in [0.29, 0.717) is 21.6 Å². The van der Waals surface area contributed by atoms with Gasteiger partial charge >= 0.3 is 0 Å². The fourth-order valence-corrected chi connectivity index (χ4v) is 4.06. The lowest BCUT2D eigenvalue weighted by Crippen LogP contribution is -2.12. The molecule has 3 rings (SSSR count).